The van der Waals surface area contributed by atoms with Gasteiger partial charge < -0.3 is 19.3 Å². The molecule has 0 amide bonds. The first-order valence-electron chi connectivity index (χ1n) is 13.9. The molecule has 5 nitrogen and oxygen atoms in total. The normalized spacial score (nSPS) is 41.6. The SMILES string of the molecule is CCOC1(C(C)=O)CCC2C3CC=C4CC(O)(OCc5ccc(OC)cc5)CCC4(C)C3CCC21C. The average molecular weight is 497 g/mol. The molecule has 0 bridgehead atoms. The minimum Gasteiger partial charge on any atom is -0.497 e. The molecule has 0 radical (unpaired) electrons. The predicted octanol–water partition coefficient (Wildman–Crippen LogP) is 6.23. The molecule has 7 unspecified atom stereocenters. The van der Waals surface area contributed by atoms with Crippen molar-refractivity contribution in [3.63, 3.8) is 0 Å². The monoisotopic (exact) mass is 496 g/mol. The molecule has 7 atom stereocenters. The Hall–Kier alpha value is -1.69. The fraction of sp³-hybridized carbons (Fsp3) is 0.710. The number of Topliss-reactive ketones (excluding diaryl/α,β-unsaturated/α-hetero) is 1. The van der Waals surface area contributed by atoms with Crippen molar-refractivity contribution in [2.75, 3.05) is 13.7 Å². The van der Waals surface area contributed by atoms with Crippen LogP contribution in [-0.4, -0.2) is 36.0 Å². The number of carbonyl (C=O) groups is 1. The van der Waals surface area contributed by atoms with Gasteiger partial charge in [-0.2, -0.15) is 0 Å². The van der Waals surface area contributed by atoms with Gasteiger partial charge in [0.1, 0.15) is 11.4 Å². The van der Waals surface area contributed by atoms with Gasteiger partial charge in [0.05, 0.1) is 13.7 Å². The molecule has 0 aliphatic heterocycles. The van der Waals surface area contributed by atoms with Crippen molar-refractivity contribution in [2.24, 2.45) is 28.6 Å². The largest absolute Gasteiger partial charge is 0.497 e. The van der Waals surface area contributed by atoms with E-state index in [2.05, 4.69) is 19.9 Å². The van der Waals surface area contributed by atoms with Crippen molar-refractivity contribution in [3.05, 3.63) is 41.5 Å². The van der Waals surface area contributed by atoms with E-state index in [0.717, 1.165) is 49.8 Å². The molecule has 0 heterocycles. The first-order valence-corrected chi connectivity index (χ1v) is 13.9. The van der Waals surface area contributed by atoms with Crippen LogP contribution >= 0.6 is 0 Å². The summed E-state index contributed by atoms with van der Waals surface area (Å²) >= 11 is 0. The van der Waals surface area contributed by atoms with Crippen LogP contribution in [0.25, 0.3) is 0 Å². The number of rotatable bonds is 7. The Morgan fingerprint density at radius 2 is 1.75 bits per heavy atom. The summed E-state index contributed by atoms with van der Waals surface area (Å²) in [5, 5.41) is 11.4. The zero-order chi connectivity index (χ0) is 25.8. The van der Waals surface area contributed by atoms with E-state index in [1.165, 1.54) is 5.57 Å². The van der Waals surface area contributed by atoms with Crippen molar-refractivity contribution >= 4 is 5.78 Å². The molecular formula is C31H44O5. The number of allylic oxidation sites excluding steroid dienone is 1. The van der Waals surface area contributed by atoms with E-state index in [9.17, 15) is 9.90 Å². The molecular weight excluding hydrogens is 452 g/mol. The highest BCUT2D eigenvalue weighted by atomic mass is 16.6. The number of hydrogen-bond donors (Lipinski definition) is 1. The van der Waals surface area contributed by atoms with Crippen LogP contribution < -0.4 is 4.74 Å². The Bertz CT molecular complexity index is 1020. The van der Waals surface area contributed by atoms with Gasteiger partial charge in [0.15, 0.2) is 11.6 Å². The summed E-state index contributed by atoms with van der Waals surface area (Å²) in [5.74, 6) is 1.58. The Morgan fingerprint density at radius 1 is 1.03 bits per heavy atom. The van der Waals surface area contributed by atoms with Crippen LogP contribution in [0.3, 0.4) is 0 Å². The minimum atomic E-state index is -1.12. The molecule has 36 heavy (non-hydrogen) atoms. The predicted molar refractivity (Wildman–Crippen MR) is 139 cm³/mol. The van der Waals surface area contributed by atoms with Crippen LogP contribution in [0.4, 0.5) is 0 Å². The highest BCUT2D eigenvalue weighted by Gasteiger charge is 2.66. The van der Waals surface area contributed by atoms with Crippen LogP contribution in [-0.2, 0) is 20.9 Å². The Labute approximate surface area is 216 Å². The van der Waals surface area contributed by atoms with Gasteiger partial charge in [0.25, 0.3) is 0 Å². The first-order chi connectivity index (χ1) is 17.1. The van der Waals surface area contributed by atoms with Gasteiger partial charge in [0.2, 0.25) is 0 Å². The lowest BCUT2D eigenvalue weighted by Gasteiger charge is -2.60. The average Bonchev–Trinajstić information content (AvgIpc) is 3.17. The molecule has 0 saturated heterocycles. The van der Waals surface area contributed by atoms with Gasteiger partial charge in [-0.05, 0) is 93.2 Å². The summed E-state index contributed by atoms with van der Waals surface area (Å²) < 4.78 is 17.7. The van der Waals surface area contributed by atoms with Gasteiger partial charge in [-0.3, -0.25) is 4.79 Å². The lowest BCUT2D eigenvalue weighted by molar-refractivity contribution is -0.232. The second-order valence-electron chi connectivity index (χ2n) is 12.3. The molecule has 1 N–H and O–H groups in total. The summed E-state index contributed by atoms with van der Waals surface area (Å²) in [5.41, 5.74) is 1.79. The fourth-order valence-electron chi connectivity index (χ4n) is 8.84. The lowest BCUT2D eigenvalue weighted by atomic mass is 9.46. The Balaban J connectivity index is 1.33. The van der Waals surface area contributed by atoms with Gasteiger partial charge in [-0.15, -0.1) is 0 Å². The first kappa shape index (κ1) is 25.9. The number of carbonyl (C=O) groups excluding carboxylic acids is 1. The molecule has 5 heteroatoms. The third-order valence-corrected chi connectivity index (χ3v) is 10.9. The van der Waals surface area contributed by atoms with Crippen LogP contribution in [0.1, 0.15) is 84.6 Å². The second kappa shape index (κ2) is 9.25. The van der Waals surface area contributed by atoms with Crippen molar-refractivity contribution in [1.82, 2.24) is 0 Å². The summed E-state index contributed by atoms with van der Waals surface area (Å²) in [6, 6.07) is 7.83. The van der Waals surface area contributed by atoms with E-state index in [0.29, 0.717) is 43.8 Å². The Morgan fingerprint density at radius 3 is 2.42 bits per heavy atom. The molecule has 0 aromatic heterocycles. The van der Waals surface area contributed by atoms with Crippen LogP contribution in [0.2, 0.25) is 0 Å². The molecule has 3 saturated carbocycles. The summed E-state index contributed by atoms with van der Waals surface area (Å²) in [7, 11) is 1.66. The molecule has 3 fully saturated rings. The van der Waals surface area contributed by atoms with E-state index in [1.54, 1.807) is 14.0 Å². The quantitative estimate of drug-likeness (QED) is 0.358. The maximum Gasteiger partial charge on any atom is 0.169 e. The highest BCUT2D eigenvalue weighted by molar-refractivity contribution is 5.86. The number of ether oxygens (including phenoxy) is 3. The van der Waals surface area contributed by atoms with Gasteiger partial charge in [-0.1, -0.05) is 37.6 Å². The second-order valence-corrected chi connectivity index (χ2v) is 12.3. The van der Waals surface area contributed by atoms with Gasteiger partial charge >= 0.3 is 0 Å². The number of fused-ring (bicyclic) bond motifs is 5. The maximum atomic E-state index is 13.0. The van der Waals surface area contributed by atoms with Crippen LogP contribution in [0.15, 0.2) is 35.9 Å². The molecule has 1 aromatic carbocycles. The number of methoxy groups -OCH3 is 1. The molecule has 4 aliphatic carbocycles. The van der Waals surface area contributed by atoms with Crippen LogP contribution in [0.5, 0.6) is 5.75 Å². The maximum absolute atomic E-state index is 13.0. The summed E-state index contributed by atoms with van der Waals surface area (Å²) in [6.07, 6.45) is 9.72. The van der Waals surface area contributed by atoms with E-state index < -0.39 is 11.4 Å². The van der Waals surface area contributed by atoms with Crippen LogP contribution in [0, 0.1) is 28.6 Å². The topological polar surface area (TPSA) is 65.0 Å². The number of aliphatic hydroxyl groups is 1. The standard InChI is InChI=1S/C31H44O5/c1-6-35-31(21(2)32)16-14-27-25-12-9-23-19-30(33,36-20-22-7-10-24(34-5)11-8-22)18-17-28(23,3)26(25)13-15-29(27,31)4/h7-11,25-27,33H,6,12-20H2,1-5H3. The van der Waals surface area contributed by atoms with E-state index in [-0.39, 0.29) is 16.6 Å². The van der Waals surface area contributed by atoms with Gasteiger partial charge in [-0.25, -0.2) is 0 Å². The van der Waals surface area contributed by atoms with Crippen molar-refractivity contribution < 1.29 is 24.1 Å². The third-order valence-electron chi connectivity index (χ3n) is 10.9. The highest BCUT2D eigenvalue weighted by Crippen LogP contribution is 2.68. The van der Waals surface area contributed by atoms with Crippen molar-refractivity contribution in [3.8, 4) is 5.75 Å². The number of ketones is 1. The van der Waals surface area contributed by atoms with E-state index >= 15 is 0 Å². The third kappa shape index (κ3) is 3.88. The fourth-order valence-corrected chi connectivity index (χ4v) is 8.84. The summed E-state index contributed by atoms with van der Waals surface area (Å²) in [6.45, 7) is 9.50. The minimum absolute atomic E-state index is 0.0887. The summed E-state index contributed by atoms with van der Waals surface area (Å²) in [4.78, 5) is 13.0. The number of hydrogen-bond acceptors (Lipinski definition) is 5. The molecule has 0 spiro atoms. The lowest BCUT2D eigenvalue weighted by Crippen LogP contribution is -2.58. The molecule has 198 valence electrons. The zero-order valence-electron chi connectivity index (χ0n) is 22.8. The van der Waals surface area contributed by atoms with E-state index in [4.69, 9.17) is 14.2 Å². The smallest absolute Gasteiger partial charge is 0.169 e. The van der Waals surface area contributed by atoms with Crippen molar-refractivity contribution in [1.29, 1.82) is 0 Å². The zero-order valence-corrected chi connectivity index (χ0v) is 22.8. The van der Waals surface area contributed by atoms with Gasteiger partial charge in [0, 0.05) is 24.9 Å². The molecule has 4 aliphatic rings. The molecule has 5 rings (SSSR count). The van der Waals surface area contributed by atoms with Crippen molar-refractivity contribution in [2.45, 2.75) is 97.1 Å². The molecule has 1 aromatic rings. The number of benzene rings is 1. The van der Waals surface area contributed by atoms with E-state index in [1.807, 2.05) is 31.2 Å². The Kier molecular flexibility index (Phi) is 6.67.